The molecule has 0 bridgehead atoms. The topological polar surface area (TPSA) is 64.0 Å². The molecule has 0 spiro atoms. The number of aromatic nitrogens is 1. The van der Waals surface area contributed by atoms with Crippen LogP contribution >= 0.6 is 0 Å². The molecule has 160 valence electrons. The number of benzene rings is 2. The minimum Gasteiger partial charge on any atom is -0.454 e. The Morgan fingerprint density at radius 1 is 0.968 bits per heavy atom. The molecule has 0 unspecified atom stereocenters. The van der Waals surface area contributed by atoms with Crippen molar-refractivity contribution in [2.45, 2.75) is 20.0 Å². The van der Waals surface area contributed by atoms with E-state index in [0.717, 1.165) is 42.2 Å². The van der Waals surface area contributed by atoms with Gasteiger partial charge >= 0.3 is 0 Å². The van der Waals surface area contributed by atoms with Crippen molar-refractivity contribution in [1.29, 1.82) is 0 Å². The highest BCUT2D eigenvalue weighted by Gasteiger charge is 2.22. The Kier molecular flexibility index (Phi) is 5.11. The standard InChI is InChI=1S/C24H25N3O4/c1-17-2-4-20-19(12-17)21(28)6-7-27(20)15-24(29)26-10-8-25(9-11-26)14-18-3-5-22-23(13-18)31-16-30-22/h2-7,12-13H,8-11,14-16H2,1H3. The number of pyridine rings is 1. The zero-order valence-electron chi connectivity index (χ0n) is 17.5. The summed E-state index contributed by atoms with van der Waals surface area (Å²) in [5.41, 5.74) is 3.00. The lowest BCUT2D eigenvalue weighted by Crippen LogP contribution is -2.49. The summed E-state index contributed by atoms with van der Waals surface area (Å²) in [6, 6.07) is 13.4. The first-order valence-corrected chi connectivity index (χ1v) is 10.6. The number of nitrogens with zero attached hydrogens (tertiary/aromatic N) is 3. The Labute approximate surface area is 180 Å². The minimum absolute atomic E-state index is 0.0143. The first-order valence-electron chi connectivity index (χ1n) is 10.6. The zero-order valence-corrected chi connectivity index (χ0v) is 17.5. The largest absolute Gasteiger partial charge is 0.454 e. The number of carbonyl (C=O) groups is 1. The van der Waals surface area contributed by atoms with Gasteiger partial charge in [-0.1, -0.05) is 17.7 Å². The lowest BCUT2D eigenvalue weighted by Gasteiger charge is -2.35. The number of piperazine rings is 1. The average Bonchev–Trinajstić information content (AvgIpc) is 3.24. The molecule has 7 heteroatoms. The molecule has 1 amide bonds. The molecule has 1 saturated heterocycles. The first kappa shape index (κ1) is 19.6. The second-order valence-corrected chi connectivity index (χ2v) is 8.17. The van der Waals surface area contributed by atoms with Crippen LogP contribution in [0.15, 0.2) is 53.5 Å². The third-order valence-corrected chi connectivity index (χ3v) is 6.01. The maximum atomic E-state index is 12.9. The second kappa shape index (κ2) is 8.07. The number of fused-ring (bicyclic) bond motifs is 2. The van der Waals surface area contributed by atoms with Gasteiger partial charge in [-0.2, -0.15) is 0 Å². The predicted octanol–water partition coefficient (Wildman–Crippen LogP) is 2.38. The van der Waals surface area contributed by atoms with Gasteiger partial charge in [0.1, 0.15) is 6.54 Å². The summed E-state index contributed by atoms with van der Waals surface area (Å²) >= 11 is 0. The third-order valence-electron chi connectivity index (χ3n) is 6.01. The summed E-state index contributed by atoms with van der Waals surface area (Å²) in [7, 11) is 0. The number of rotatable bonds is 4. The summed E-state index contributed by atoms with van der Waals surface area (Å²) in [5, 5.41) is 0.656. The molecule has 1 fully saturated rings. The van der Waals surface area contributed by atoms with E-state index in [9.17, 15) is 9.59 Å². The molecule has 31 heavy (non-hydrogen) atoms. The Balaban J connectivity index is 1.21. The lowest BCUT2D eigenvalue weighted by atomic mass is 10.1. The van der Waals surface area contributed by atoms with Crippen molar-refractivity contribution < 1.29 is 14.3 Å². The molecular weight excluding hydrogens is 394 g/mol. The van der Waals surface area contributed by atoms with Crippen molar-refractivity contribution in [1.82, 2.24) is 14.4 Å². The molecule has 2 aliphatic rings. The van der Waals surface area contributed by atoms with E-state index < -0.39 is 0 Å². The average molecular weight is 419 g/mol. The fraction of sp³-hybridized carbons (Fsp3) is 0.333. The Morgan fingerprint density at radius 2 is 1.77 bits per heavy atom. The molecule has 1 aromatic heterocycles. The normalized spacial score (nSPS) is 16.1. The summed E-state index contributed by atoms with van der Waals surface area (Å²) < 4.78 is 12.7. The van der Waals surface area contributed by atoms with Gasteiger partial charge in [-0.05, 0) is 36.8 Å². The smallest absolute Gasteiger partial charge is 0.242 e. The number of carbonyl (C=O) groups excluding carboxylic acids is 1. The molecule has 0 saturated carbocycles. The quantitative estimate of drug-likeness (QED) is 0.650. The zero-order chi connectivity index (χ0) is 21.4. The van der Waals surface area contributed by atoms with E-state index >= 15 is 0 Å². The maximum absolute atomic E-state index is 12.9. The van der Waals surface area contributed by atoms with E-state index in [4.69, 9.17) is 9.47 Å². The molecule has 0 aliphatic carbocycles. The van der Waals surface area contributed by atoms with Gasteiger partial charge in [0.15, 0.2) is 16.9 Å². The van der Waals surface area contributed by atoms with Crippen LogP contribution in [0, 0.1) is 6.92 Å². The van der Waals surface area contributed by atoms with Crippen molar-refractivity contribution >= 4 is 16.8 Å². The van der Waals surface area contributed by atoms with E-state index in [0.29, 0.717) is 18.5 Å². The Morgan fingerprint density at radius 3 is 2.61 bits per heavy atom. The van der Waals surface area contributed by atoms with Gasteiger partial charge in [0, 0.05) is 50.4 Å². The van der Waals surface area contributed by atoms with Crippen molar-refractivity contribution in [2.75, 3.05) is 33.0 Å². The van der Waals surface area contributed by atoms with Gasteiger partial charge in [-0.25, -0.2) is 0 Å². The highest BCUT2D eigenvalue weighted by atomic mass is 16.7. The van der Waals surface area contributed by atoms with Gasteiger partial charge in [0.25, 0.3) is 0 Å². The minimum atomic E-state index is -0.0143. The maximum Gasteiger partial charge on any atom is 0.242 e. The number of ether oxygens (including phenoxy) is 2. The van der Waals surface area contributed by atoms with E-state index in [2.05, 4.69) is 11.0 Å². The number of amides is 1. The van der Waals surface area contributed by atoms with Gasteiger partial charge in [0.05, 0.1) is 5.52 Å². The van der Waals surface area contributed by atoms with Crippen LogP contribution < -0.4 is 14.9 Å². The van der Waals surface area contributed by atoms with E-state index in [1.807, 2.05) is 46.7 Å². The second-order valence-electron chi connectivity index (χ2n) is 8.17. The summed E-state index contributed by atoms with van der Waals surface area (Å²) in [6.45, 7) is 6.34. The first-order chi connectivity index (χ1) is 15.1. The molecule has 2 aliphatic heterocycles. The molecule has 0 atom stereocenters. The van der Waals surface area contributed by atoms with Crippen LogP contribution in [0.25, 0.3) is 10.9 Å². The van der Waals surface area contributed by atoms with Crippen molar-refractivity contribution in [2.24, 2.45) is 0 Å². The van der Waals surface area contributed by atoms with E-state index in [1.165, 1.54) is 5.56 Å². The number of hydrogen-bond donors (Lipinski definition) is 0. The summed E-state index contributed by atoms with van der Waals surface area (Å²) in [4.78, 5) is 29.4. The molecule has 3 aromatic rings. The predicted molar refractivity (Wildman–Crippen MR) is 117 cm³/mol. The fourth-order valence-electron chi connectivity index (χ4n) is 4.26. The van der Waals surface area contributed by atoms with Crippen LogP contribution in [0.1, 0.15) is 11.1 Å². The van der Waals surface area contributed by atoms with E-state index in [-0.39, 0.29) is 24.7 Å². The van der Waals surface area contributed by atoms with Crippen molar-refractivity contribution in [3.05, 3.63) is 70.0 Å². The van der Waals surface area contributed by atoms with Crippen LogP contribution in [-0.2, 0) is 17.9 Å². The van der Waals surface area contributed by atoms with Crippen LogP contribution in [0.4, 0.5) is 0 Å². The van der Waals surface area contributed by atoms with Crippen LogP contribution in [0.5, 0.6) is 11.5 Å². The van der Waals surface area contributed by atoms with Crippen LogP contribution in [-0.4, -0.2) is 53.2 Å². The monoisotopic (exact) mass is 419 g/mol. The lowest BCUT2D eigenvalue weighted by molar-refractivity contribution is -0.133. The van der Waals surface area contributed by atoms with Gasteiger partial charge in [-0.15, -0.1) is 0 Å². The van der Waals surface area contributed by atoms with Gasteiger partial charge in [0.2, 0.25) is 12.7 Å². The molecular formula is C24H25N3O4. The van der Waals surface area contributed by atoms with Crippen LogP contribution in [0.3, 0.4) is 0 Å². The summed E-state index contributed by atoms with van der Waals surface area (Å²) in [5.74, 6) is 1.67. The molecule has 2 aromatic carbocycles. The molecule has 3 heterocycles. The highest BCUT2D eigenvalue weighted by molar-refractivity contribution is 5.82. The van der Waals surface area contributed by atoms with Crippen molar-refractivity contribution in [3.63, 3.8) is 0 Å². The fourth-order valence-corrected chi connectivity index (χ4v) is 4.26. The van der Waals surface area contributed by atoms with Gasteiger partial charge < -0.3 is 18.9 Å². The SMILES string of the molecule is Cc1ccc2c(c1)c(=O)ccn2CC(=O)N1CCN(Cc2ccc3c(c2)OCO3)CC1. The molecule has 0 radical (unpaired) electrons. The Hall–Kier alpha value is -3.32. The van der Waals surface area contributed by atoms with Crippen LogP contribution in [0.2, 0.25) is 0 Å². The summed E-state index contributed by atoms with van der Waals surface area (Å²) in [6.07, 6.45) is 1.72. The Bertz CT molecular complexity index is 1200. The van der Waals surface area contributed by atoms with E-state index in [1.54, 1.807) is 12.3 Å². The third kappa shape index (κ3) is 4.01. The number of hydrogen-bond acceptors (Lipinski definition) is 5. The molecule has 0 N–H and O–H groups in total. The van der Waals surface area contributed by atoms with Gasteiger partial charge in [-0.3, -0.25) is 14.5 Å². The van der Waals surface area contributed by atoms with Crippen molar-refractivity contribution in [3.8, 4) is 11.5 Å². The molecule has 5 rings (SSSR count). The molecule has 7 nitrogen and oxygen atoms in total. The number of aryl methyl sites for hydroxylation is 1. The highest BCUT2D eigenvalue weighted by Crippen LogP contribution is 2.32.